The molecule has 0 atom stereocenters. The van der Waals surface area contributed by atoms with Gasteiger partial charge in [-0.15, -0.1) is 0 Å². The molecule has 0 aromatic carbocycles. The second-order valence-electron chi connectivity index (χ2n) is 5.70. The number of unbranched alkanes of at least 4 members (excludes halogenated alkanes) is 1. The number of carbonyl (C=O) groups is 1. The molecule has 0 saturated carbocycles. The number of rotatable bonds is 8. The first kappa shape index (κ1) is 16.9. The molecule has 22 heavy (non-hydrogen) atoms. The fourth-order valence-corrected chi connectivity index (χ4v) is 2.49. The molecule has 0 bridgehead atoms. The van der Waals surface area contributed by atoms with E-state index >= 15 is 0 Å². The standard InChI is InChI=1S/C15H27N5O2/c1-3-5-6-16-14(21)11-13-17-15(22-18-13)12-20-9-7-19(4-2)8-10-20/h3-12H2,1-2H3,(H,16,21). The summed E-state index contributed by atoms with van der Waals surface area (Å²) in [4.78, 5) is 20.8. The SMILES string of the molecule is CCCCNC(=O)Cc1noc(CN2CCN(CC)CC2)n1. The topological polar surface area (TPSA) is 74.5 Å². The molecule has 0 radical (unpaired) electrons. The molecule has 1 aromatic rings. The van der Waals surface area contributed by atoms with Crippen LogP contribution < -0.4 is 5.32 Å². The molecule has 1 fully saturated rings. The van der Waals surface area contributed by atoms with Gasteiger partial charge in [-0.1, -0.05) is 25.4 Å². The van der Waals surface area contributed by atoms with Crippen molar-refractivity contribution >= 4 is 5.91 Å². The van der Waals surface area contributed by atoms with Gasteiger partial charge >= 0.3 is 0 Å². The Morgan fingerprint density at radius 2 is 1.95 bits per heavy atom. The fourth-order valence-electron chi connectivity index (χ4n) is 2.49. The summed E-state index contributed by atoms with van der Waals surface area (Å²) >= 11 is 0. The van der Waals surface area contributed by atoms with Crippen molar-refractivity contribution in [3.8, 4) is 0 Å². The van der Waals surface area contributed by atoms with Crippen molar-refractivity contribution < 1.29 is 9.32 Å². The average Bonchev–Trinajstić information content (AvgIpc) is 2.95. The number of nitrogens with zero attached hydrogens (tertiary/aromatic N) is 4. The van der Waals surface area contributed by atoms with E-state index in [4.69, 9.17) is 4.52 Å². The molecule has 0 spiro atoms. The number of carbonyl (C=O) groups excluding carboxylic acids is 1. The lowest BCUT2D eigenvalue weighted by Crippen LogP contribution is -2.45. The third kappa shape index (κ3) is 5.38. The minimum atomic E-state index is -0.0441. The van der Waals surface area contributed by atoms with Crippen LogP contribution in [0, 0.1) is 0 Å². The lowest BCUT2D eigenvalue weighted by molar-refractivity contribution is -0.120. The first-order valence-corrected chi connectivity index (χ1v) is 8.24. The Bertz CT molecular complexity index is 455. The number of amides is 1. The van der Waals surface area contributed by atoms with Gasteiger partial charge in [-0.05, 0) is 13.0 Å². The van der Waals surface area contributed by atoms with Crippen LogP contribution in [-0.2, 0) is 17.8 Å². The number of hydrogen-bond donors (Lipinski definition) is 1. The number of aromatic nitrogens is 2. The van der Waals surface area contributed by atoms with Gasteiger partial charge in [0.1, 0.15) is 0 Å². The molecule has 2 rings (SSSR count). The van der Waals surface area contributed by atoms with E-state index in [1.54, 1.807) is 0 Å². The average molecular weight is 309 g/mol. The Balaban J connectivity index is 1.73. The van der Waals surface area contributed by atoms with Gasteiger partial charge in [-0.2, -0.15) is 4.98 Å². The molecular weight excluding hydrogens is 282 g/mol. The molecule has 1 aliphatic heterocycles. The Hall–Kier alpha value is -1.47. The largest absolute Gasteiger partial charge is 0.356 e. The molecule has 1 N–H and O–H groups in total. The summed E-state index contributed by atoms with van der Waals surface area (Å²) in [6.07, 6.45) is 2.25. The first-order valence-electron chi connectivity index (χ1n) is 8.24. The zero-order chi connectivity index (χ0) is 15.8. The Morgan fingerprint density at radius 1 is 1.23 bits per heavy atom. The van der Waals surface area contributed by atoms with Crippen molar-refractivity contribution in [3.05, 3.63) is 11.7 Å². The molecule has 7 heteroatoms. The van der Waals surface area contributed by atoms with Crippen LogP contribution in [0.25, 0.3) is 0 Å². The van der Waals surface area contributed by atoms with E-state index in [-0.39, 0.29) is 12.3 Å². The van der Waals surface area contributed by atoms with E-state index < -0.39 is 0 Å². The Kier molecular flexibility index (Phi) is 6.79. The maximum absolute atomic E-state index is 11.7. The van der Waals surface area contributed by atoms with Crippen molar-refractivity contribution in [3.63, 3.8) is 0 Å². The van der Waals surface area contributed by atoms with Crippen LogP contribution in [-0.4, -0.2) is 65.1 Å². The van der Waals surface area contributed by atoms with Crippen LogP contribution >= 0.6 is 0 Å². The van der Waals surface area contributed by atoms with Gasteiger partial charge in [0, 0.05) is 32.7 Å². The molecular formula is C15H27N5O2. The predicted molar refractivity (Wildman–Crippen MR) is 83.3 cm³/mol. The third-order valence-electron chi connectivity index (χ3n) is 3.95. The second kappa shape index (κ2) is 8.85. The quantitative estimate of drug-likeness (QED) is 0.711. The molecule has 1 saturated heterocycles. The van der Waals surface area contributed by atoms with Crippen LogP contribution in [0.1, 0.15) is 38.4 Å². The van der Waals surface area contributed by atoms with Crippen molar-refractivity contribution in [2.24, 2.45) is 0 Å². The van der Waals surface area contributed by atoms with Crippen LogP contribution in [0.2, 0.25) is 0 Å². The predicted octanol–water partition coefficient (Wildman–Crippen LogP) is 0.666. The normalized spacial score (nSPS) is 16.8. The lowest BCUT2D eigenvalue weighted by Gasteiger charge is -2.33. The third-order valence-corrected chi connectivity index (χ3v) is 3.95. The number of piperazine rings is 1. The molecule has 1 aliphatic rings. The van der Waals surface area contributed by atoms with Gasteiger partial charge < -0.3 is 14.7 Å². The highest BCUT2D eigenvalue weighted by molar-refractivity contribution is 5.77. The summed E-state index contributed by atoms with van der Waals surface area (Å²) in [5.41, 5.74) is 0. The molecule has 0 aliphatic carbocycles. The van der Waals surface area contributed by atoms with E-state index in [9.17, 15) is 4.79 Å². The van der Waals surface area contributed by atoms with Gasteiger partial charge in [0.15, 0.2) is 5.82 Å². The van der Waals surface area contributed by atoms with Crippen LogP contribution in [0.3, 0.4) is 0 Å². The molecule has 0 unspecified atom stereocenters. The molecule has 2 heterocycles. The highest BCUT2D eigenvalue weighted by Gasteiger charge is 2.18. The first-order chi connectivity index (χ1) is 10.7. The monoisotopic (exact) mass is 309 g/mol. The molecule has 1 amide bonds. The zero-order valence-corrected chi connectivity index (χ0v) is 13.7. The minimum absolute atomic E-state index is 0.0441. The van der Waals surface area contributed by atoms with E-state index in [2.05, 4.69) is 39.1 Å². The molecule has 7 nitrogen and oxygen atoms in total. The van der Waals surface area contributed by atoms with Crippen LogP contribution in [0.4, 0.5) is 0 Å². The van der Waals surface area contributed by atoms with E-state index in [1.165, 1.54) is 0 Å². The summed E-state index contributed by atoms with van der Waals surface area (Å²) < 4.78 is 5.25. The van der Waals surface area contributed by atoms with Crippen molar-refractivity contribution in [2.75, 3.05) is 39.3 Å². The van der Waals surface area contributed by atoms with E-state index in [0.29, 0.717) is 24.8 Å². The minimum Gasteiger partial charge on any atom is -0.356 e. The summed E-state index contributed by atoms with van der Waals surface area (Å²) in [5.74, 6) is 1.02. The second-order valence-corrected chi connectivity index (χ2v) is 5.70. The summed E-state index contributed by atoms with van der Waals surface area (Å²) in [6, 6.07) is 0. The number of hydrogen-bond acceptors (Lipinski definition) is 6. The smallest absolute Gasteiger partial charge is 0.240 e. The van der Waals surface area contributed by atoms with E-state index in [0.717, 1.165) is 45.6 Å². The van der Waals surface area contributed by atoms with Gasteiger partial charge in [0.25, 0.3) is 0 Å². The summed E-state index contributed by atoms with van der Waals surface area (Å²) in [6.45, 7) is 11.0. The lowest BCUT2D eigenvalue weighted by atomic mass is 10.3. The summed E-state index contributed by atoms with van der Waals surface area (Å²) in [5, 5.41) is 6.75. The van der Waals surface area contributed by atoms with Crippen molar-refractivity contribution in [1.29, 1.82) is 0 Å². The molecule has 124 valence electrons. The Labute approximate surface area is 132 Å². The zero-order valence-electron chi connectivity index (χ0n) is 13.7. The Morgan fingerprint density at radius 3 is 2.64 bits per heavy atom. The van der Waals surface area contributed by atoms with E-state index in [1.807, 2.05) is 0 Å². The molecule has 1 aromatic heterocycles. The van der Waals surface area contributed by atoms with Gasteiger partial charge in [0.2, 0.25) is 11.8 Å². The van der Waals surface area contributed by atoms with Crippen molar-refractivity contribution in [2.45, 2.75) is 39.7 Å². The number of nitrogens with one attached hydrogen (secondary N) is 1. The van der Waals surface area contributed by atoms with Crippen molar-refractivity contribution in [1.82, 2.24) is 25.3 Å². The van der Waals surface area contributed by atoms with Crippen LogP contribution in [0.5, 0.6) is 0 Å². The van der Waals surface area contributed by atoms with Gasteiger partial charge in [-0.3, -0.25) is 9.69 Å². The summed E-state index contributed by atoms with van der Waals surface area (Å²) in [7, 11) is 0. The van der Waals surface area contributed by atoms with Crippen LogP contribution in [0.15, 0.2) is 4.52 Å². The highest BCUT2D eigenvalue weighted by Crippen LogP contribution is 2.07. The maximum Gasteiger partial charge on any atom is 0.240 e. The fraction of sp³-hybridized carbons (Fsp3) is 0.800. The highest BCUT2D eigenvalue weighted by atomic mass is 16.5. The van der Waals surface area contributed by atoms with Gasteiger partial charge in [0.05, 0.1) is 13.0 Å². The maximum atomic E-state index is 11.7. The van der Waals surface area contributed by atoms with Gasteiger partial charge in [-0.25, -0.2) is 0 Å². The number of likely N-dealkylation sites (N-methyl/N-ethyl adjacent to an activating group) is 1.